The second kappa shape index (κ2) is 52.4. The molecular weight excluding hydrogens is 1020 g/mol. The molecule has 450 valence electrons. The summed E-state index contributed by atoms with van der Waals surface area (Å²) in [5, 5.41) is 10.5. The summed E-state index contributed by atoms with van der Waals surface area (Å²) in [7, 11) is -9.86. The van der Waals surface area contributed by atoms with Crippen molar-refractivity contribution in [3.63, 3.8) is 0 Å². The Morgan fingerprint density at radius 1 is 0.316 bits per heavy atom. The molecule has 0 aliphatic carbocycles. The first-order chi connectivity index (χ1) is 36.7. The summed E-state index contributed by atoms with van der Waals surface area (Å²) in [6, 6.07) is 0. The molecule has 0 amide bonds. The van der Waals surface area contributed by atoms with Crippen LogP contribution in [-0.2, 0) is 65.4 Å². The lowest BCUT2D eigenvalue weighted by Crippen LogP contribution is -2.30. The summed E-state index contributed by atoms with van der Waals surface area (Å²) in [5.41, 5.74) is 0. The van der Waals surface area contributed by atoms with E-state index < -0.39 is 97.5 Å². The smallest absolute Gasteiger partial charge is 0.462 e. The Morgan fingerprint density at radius 3 is 0.776 bits per heavy atom. The van der Waals surface area contributed by atoms with Crippen LogP contribution in [0.4, 0.5) is 0 Å². The van der Waals surface area contributed by atoms with Gasteiger partial charge in [-0.25, -0.2) is 9.13 Å². The molecule has 0 spiro atoms. The number of unbranched alkanes of at least 4 members (excludes halogenated alkanes) is 32. The number of hydrogen-bond acceptors (Lipinski definition) is 15. The van der Waals surface area contributed by atoms with Gasteiger partial charge >= 0.3 is 39.5 Å². The van der Waals surface area contributed by atoms with E-state index in [1.54, 1.807) is 0 Å². The van der Waals surface area contributed by atoms with Crippen molar-refractivity contribution < 1.29 is 80.2 Å². The summed E-state index contributed by atoms with van der Waals surface area (Å²) in [6.45, 7) is 4.73. The van der Waals surface area contributed by atoms with Crippen molar-refractivity contribution in [2.75, 3.05) is 39.6 Å². The number of aliphatic hydroxyl groups is 1. The fourth-order valence-corrected chi connectivity index (χ4v) is 9.98. The lowest BCUT2D eigenvalue weighted by Gasteiger charge is -2.21. The van der Waals surface area contributed by atoms with Crippen molar-refractivity contribution in [1.82, 2.24) is 0 Å². The lowest BCUT2D eigenvalue weighted by atomic mass is 10.0. The van der Waals surface area contributed by atoms with E-state index in [1.807, 2.05) is 0 Å². The van der Waals surface area contributed by atoms with Gasteiger partial charge in [-0.1, -0.05) is 233 Å². The molecule has 0 radical (unpaired) electrons. The lowest BCUT2D eigenvalue weighted by molar-refractivity contribution is -0.161. The summed E-state index contributed by atoms with van der Waals surface area (Å²) >= 11 is 0. The first-order valence-electron chi connectivity index (χ1n) is 30.3. The van der Waals surface area contributed by atoms with E-state index in [0.717, 1.165) is 96.3 Å². The average Bonchev–Trinajstić information content (AvgIpc) is 3.39. The van der Waals surface area contributed by atoms with E-state index >= 15 is 0 Å². The molecule has 17 nitrogen and oxygen atoms in total. The summed E-state index contributed by atoms with van der Waals surface area (Å²) < 4.78 is 67.4. The molecule has 3 N–H and O–H groups in total. The fraction of sp³-hybridized carbons (Fsp3) is 0.930. The number of rotatable bonds is 58. The van der Waals surface area contributed by atoms with Gasteiger partial charge in [0.2, 0.25) is 0 Å². The Kier molecular flexibility index (Phi) is 51.1. The number of hydrogen-bond donors (Lipinski definition) is 3. The third kappa shape index (κ3) is 51.5. The van der Waals surface area contributed by atoms with Crippen LogP contribution in [-0.4, -0.2) is 96.7 Å². The minimum Gasteiger partial charge on any atom is -0.462 e. The summed E-state index contributed by atoms with van der Waals surface area (Å²) in [4.78, 5) is 71.5. The standard InChI is InChI=1S/C57H110O17P2/c1-5-9-13-17-20-23-24-25-26-29-32-36-40-44-57(62)74-53(48-68-55(60)42-38-34-30-27-21-18-14-10-6-2)50-72-76(65,66)70-46-51(58)45-69-75(63,64)71-49-52(47-67-54(59)41-37-33-16-12-8-4)73-56(61)43-39-35-31-28-22-19-15-11-7-3/h51-53,58H,5-50H2,1-4H3,(H,63,64)(H,65,66)/t51-,52+,53+/m0/s1. The molecule has 0 bridgehead atoms. The minimum absolute atomic E-state index is 0.105. The molecule has 0 saturated carbocycles. The highest BCUT2D eigenvalue weighted by molar-refractivity contribution is 7.47. The van der Waals surface area contributed by atoms with Crippen molar-refractivity contribution in [3.8, 4) is 0 Å². The molecule has 0 aromatic rings. The van der Waals surface area contributed by atoms with E-state index in [0.29, 0.717) is 25.7 Å². The molecule has 0 aromatic carbocycles. The maximum atomic E-state index is 12.9. The summed E-state index contributed by atoms with van der Waals surface area (Å²) in [5.74, 6) is -2.15. The van der Waals surface area contributed by atoms with Gasteiger partial charge in [-0.2, -0.15) is 0 Å². The number of aliphatic hydroxyl groups excluding tert-OH is 1. The number of carbonyl (C=O) groups is 4. The molecule has 0 aromatic heterocycles. The predicted octanol–water partition coefficient (Wildman–Crippen LogP) is 15.2. The van der Waals surface area contributed by atoms with Crippen molar-refractivity contribution in [1.29, 1.82) is 0 Å². The van der Waals surface area contributed by atoms with Crippen LogP contribution in [0.5, 0.6) is 0 Å². The maximum Gasteiger partial charge on any atom is 0.472 e. The van der Waals surface area contributed by atoms with E-state index in [9.17, 15) is 43.2 Å². The number of phosphoric acid groups is 2. The van der Waals surface area contributed by atoms with Crippen LogP contribution < -0.4 is 0 Å². The van der Waals surface area contributed by atoms with E-state index in [-0.39, 0.29) is 25.7 Å². The molecular formula is C57H110O17P2. The highest BCUT2D eigenvalue weighted by Crippen LogP contribution is 2.45. The molecule has 0 aliphatic rings. The molecule has 0 fully saturated rings. The monoisotopic (exact) mass is 1130 g/mol. The van der Waals surface area contributed by atoms with Gasteiger partial charge in [0, 0.05) is 25.7 Å². The highest BCUT2D eigenvalue weighted by Gasteiger charge is 2.30. The first kappa shape index (κ1) is 74.1. The molecule has 0 saturated heterocycles. The largest absolute Gasteiger partial charge is 0.472 e. The topological polar surface area (TPSA) is 237 Å². The number of esters is 4. The Balaban J connectivity index is 5.17. The van der Waals surface area contributed by atoms with Crippen molar-refractivity contribution in [2.45, 2.75) is 303 Å². The predicted molar refractivity (Wildman–Crippen MR) is 299 cm³/mol. The van der Waals surface area contributed by atoms with Gasteiger partial charge in [0.15, 0.2) is 12.2 Å². The van der Waals surface area contributed by atoms with Crippen LogP contribution in [0.15, 0.2) is 0 Å². The van der Waals surface area contributed by atoms with Crippen LogP contribution in [0.1, 0.15) is 285 Å². The molecule has 19 heteroatoms. The van der Waals surface area contributed by atoms with E-state index in [1.165, 1.54) is 109 Å². The number of carbonyl (C=O) groups excluding carboxylic acids is 4. The van der Waals surface area contributed by atoms with Crippen LogP contribution in [0.3, 0.4) is 0 Å². The van der Waals surface area contributed by atoms with E-state index in [4.69, 9.17) is 37.0 Å². The molecule has 76 heavy (non-hydrogen) atoms. The number of phosphoric ester groups is 2. The Morgan fingerprint density at radius 2 is 0.526 bits per heavy atom. The molecule has 5 atom stereocenters. The Labute approximate surface area is 460 Å². The van der Waals surface area contributed by atoms with Gasteiger partial charge in [-0.15, -0.1) is 0 Å². The Hall–Kier alpha value is -1.94. The quantitative estimate of drug-likeness (QED) is 0.0222. The van der Waals surface area contributed by atoms with Crippen molar-refractivity contribution in [2.24, 2.45) is 0 Å². The zero-order chi connectivity index (χ0) is 56.2. The number of ether oxygens (including phenoxy) is 4. The third-order valence-electron chi connectivity index (χ3n) is 13.1. The summed E-state index contributed by atoms with van der Waals surface area (Å²) in [6.07, 6.45) is 35.1. The second-order valence-corrected chi connectivity index (χ2v) is 23.6. The molecule has 2 unspecified atom stereocenters. The van der Waals surface area contributed by atoms with Crippen LogP contribution >= 0.6 is 15.6 Å². The van der Waals surface area contributed by atoms with Gasteiger partial charge in [-0.05, 0) is 25.7 Å². The average molecular weight is 1130 g/mol. The van der Waals surface area contributed by atoms with E-state index in [2.05, 4.69) is 27.7 Å². The zero-order valence-electron chi connectivity index (χ0n) is 48.2. The van der Waals surface area contributed by atoms with Gasteiger partial charge < -0.3 is 33.8 Å². The van der Waals surface area contributed by atoms with Crippen molar-refractivity contribution in [3.05, 3.63) is 0 Å². The fourth-order valence-electron chi connectivity index (χ4n) is 8.40. The van der Waals surface area contributed by atoms with Gasteiger partial charge in [0.25, 0.3) is 0 Å². The van der Waals surface area contributed by atoms with Crippen LogP contribution in [0, 0.1) is 0 Å². The van der Waals surface area contributed by atoms with Crippen molar-refractivity contribution >= 4 is 39.5 Å². The first-order valence-corrected chi connectivity index (χ1v) is 33.3. The maximum absolute atomic E-state index is 12.9. The Bertz CT molecular complexity index is 1490. The molecule has 0 rings (SSSR count). The zero-order valence-corrected chi connectivity index (χ0v) is 50.0. The van der Waals surface area contributed by atoms with Gasteiger partial charge in [-0.3, -0.25) is 37.3 Å². The normalized spacial score (nSPS) is 14.4. The highest BCUT2D eigenvalue weighted by atomic mass is 31.2. The third-order valence-corrected chi connectivity index (χ3v) is 15.0. The SMILES string of the molecule is CCCCCCCCCCCCCCCC(=O)O[C@H](COC(=O)CCCCCCCCCCC)COP(=O)(O)OC[C@@H](O)COP(=O)(O)OC[C@@H](COC(=O)CCCCCCC)OC(=O)CCCCCCCCCCC. The second-order valence-electron chi connectivity index (χ2n) is 20.7. The van der Waals surface area contributed by atoms with Crippen LogP contribution in [0.25, 0.3) is 0 Å². The molecule has 0 aliphatic heterocycles. The minimum atomic E-state index is -4.93. The van der Waals surface area contributed by atoms with Gasteiger partial charge in [0.05, 0.1) is 26.4 Å². The van der Waals surface area contributed by atoms with Gasteiger partial charge in [0.1, 0.15) is 19.3 Å². The van der Waals surface area contributed by atoms with Crippen LogP contribution in [0.2, 0.25) is 0 Å². The molecule has 0 heterocycles.